The third kappa shape index (κ3) is 2.99. The molecule has 1 N–H and O–H groups in total. The van der Waals surface area contributed by atoms with Gasteiger partial charge in [-0.3, -0.25) is 0 Å². The molecule has 0 aromatic rings. The van der Waals surface area contributed by atoms with Crippen LogP contribution < -0.4 is 5.06 Å². The Morgan fingerprint density at radius 3 is 2.25 bits per heavy atom. The predicted molar refractivity (Wildman–Crippen MR) is 34.6 cm³/mol. The average Bonchev–Trinajstić information content (AvgIpc) is 1.67. The zero-order chi connectivity index (χ0) is 6.57. The van der Waals surface area contributed by atoms with E-state index in [0.29, 0.717) is 5.06 Å². The molecule has 0 aliphatic heterocycles. The first-order valence-electron chi connectivity index (χ1n) is 3.19. The molecule has 0 radical (unpaired) electrons. The molecule has 0 rings (SSSR count). The number of nitrogens with one attached hydrogen (secondary N) is 1. The van der Waals surface area contributed by atoms with Gasteiger partial charge in [-0.15, -0.1) is 0 Å². The van der Waals surface area contributed by atoms with E-state index >= 15 is 0 Å². The van der Waals surface area contributed by atoms with E-state index in [1.165, 1.54) is 0 Å². The first-order chi connectivity index (χ1) is 3.68. The van der Waals surface area contributed by atoms with Crippen molar-refractivity contribution >= 4 is 0 Å². The van der Waals surface area contributed by atoms with Crippen LogP contribution in [-0.2, 0) is 0 Å². The van der Waals surface area contributed by atoms with Crippen molar-refractivity contribution in [2.75, 3.05) is 7.05 Å². The maximum absolute atomic E-state index is 10.5. The van der Waals surface area contributed by atoms with Crippen LogP contribution in [0.4, 0.5) is 0 Å². The van der Waals surface area contributed by atoms with Crippen molar-refractivity contribution in [2.45, 2.75) is 32.7 Å². The van der Waals surface area contributed by atoms with Crippen molar-refractivity contribution in [3.8, 4) is 0 Å². The Morgan fingerprint density at radius 2 is 2.12 bits per heavy atom. The second-order valence-corrected chi connectivity index (χ2v) is 2.30. The number of hydrogen-bond donors (Lipinski definition) is 1. The second-order valence-electron chi connectivity index (χ2n) is 2.30. The van der Waals surface area contributed by atoms with Gasteiger partial charge in [0, 0.05) is 0 Å². The van der Waals surface area contributed by atoms with Gasteiger partial charge in [-0.25, -0.2) is 0 Å². The van der Waals surface area contributed by atoms with Crippen LogP contribution in [0.3, 0.4) is 0 Å². The maximum Gasteiger partial charge on any atom is 0.0841 e. The van der Waals surface area contributed by atoms with Gasteiger partial charge >= 0.3 is 0 Å². The van der Waals surface area contributed by atoms with Crippen LogP contribution in [0.5, 0.6) is 0 Å². The summed E-state index contributed by atoms with van der Waals surface area (Å²) in [6.45, 7) is 4.07. The Kier molecular flexibility index (Phi) is 3.83. The molecule has 2 nitrogen and oxygen atoms in total. The van der Waals surface area contributed by atoms with Gasteiger partial charge in [0.25, 0.3) is 0 Å². The summed E-state index contributed by atoms with van der Waals surface area (Å²) in [6, 6.07) is 0.278. The van der Waals surface area contributed by atoms with Crippen LogP contribution >= 0.6 is 0 Å². The molecule has 0 aromatic carbocycles. The van der Waals surface area contributed by atoms with Crippen molar-refractivity contribution in [3.63, 3.8) is 0 Å². The molecular formula is C6H15NO. The summed E-state index contributed by atoms with van der Waals surface area (Å²) in [7, 11) is 1.65. The van der Waals surface area contributed by atoms with E-state index in [2.05, 4.69) is 6.92 Å². The minimum Gasteiger partial charge on any atom is -0.634 e. The van der Waals surface area contributed by atoms with Gasteiger partial charge in [0.1, 0.15) is 0 Å². The summed E-state index contributed by atoms with van der Waals surface area (Å²) in [5.41, 5.74) is 0. The summed E-state index contributed by atoms with van der Waals surface area (Å²) in [4.78, 5) is 0. The largest absolute Gasteiger partial charge is 0.634 e. The van der Waals surface area contributed by atoms with Crippen LogP contribution in [0.2, 0.25) is 0 Å². The van der Waals surface area contributed by atoms with E-state index in [-0.39, 0.29) is 6.04 Å². The molecular weight excluding hydrogens is 102 g/mol. The number of hydrogen-bond acceptors (Lipinski definition) is 1. The summed E-state index contributed by atoms with van der Waals surface area (Å²) >= 11 is 0. The second kappa shape index (κ2) is 3.87. The van der Waals surface area contributed by atoms with Gasteiger partial charge < -0.3 is 10.3 Å². The zero-order valence-corrected chi connectivity index (χ0v) is 5.90. The first-order valence-corrected chi connectivity index (χ1v) is 3.19. The number of rotatable bonds is 3. The van der Waals surface area contributed by atoms with E-state index < -0.39 is 0 Å². The minimum absolute atomic E-state index is 0.278. The van der Waals surface area contributed by atoms with Gasteiger partial charge in [-0.2, -0.15) is 0 Å². The quantitative estimate of drug-likeness (QED) is 0.525. The SMILES string of the molecule is CCCC(C)[NH+](C)[O-]. The number of quaternary nitrogens is 1. The third-order valence-corrected chi connectivity index (χ3v) is 1.42. The topological polar surface area (TPSA) is 27.5 Å². The highest BCUT2D eigenvalue weighted by Crippen LogP contribution is 1.88. The fourth-order valence-corrected chi connectivity index (χ4v) is 0.636. The van der Waals surface area contributed by atoms with E-state index in [0.717, 1.165) is 12.8 Å². The van der Waals surface area contributed by atoms with Gasteiger partial charge in [-0.1, -0.05) is 13.3 Å². The van der Waals surface area contributed by atoms with Crippen molar-refractivity contribution in [3.05, 3.63) is 5.21 Å². The van der Waals surface area contributed by atoms with Crippen LogP contribution in [0.1, 0.15) is 26.7 Å². The molecule has 0 saturated carbocycles. The molecule has 50 valence electrons. The summed E-state index contributed by atoms with van der Waals surface area (Å²) in [5, 5.41) is 10.8. The lowest BCUT2D eigenvalue weighted by molar-refractivity contribution is -0.852. The molecule has 0 aromatic heterocycles. The van der Waals surface area contributed by atoms with Crippen LogP contribution in [0.25, 0.3) is 0 Å². The molecule has 2 unspecified atom stereocenters. The van der Waals surface area contributed by atoms with Crippen LogP contribution in [-0.4, -0.2) is 13.1 Å². The molecule has 0 heterocycles. The van der Waals surface area contributed by atoms with E-state index in [1.807, 2.05) is 6.92 Å². The Morgan fingerprint density at radius 1 is 1.62 bits per heavy atom. The zero-order valence-electron chi connectivity index (χ0n) is 5.90. The van der Waals surface area contributed by atoms with Crippen LogP contribution in [0.15, 0.2) is 0 Å². The molecule has 0 fully saturated rings. The average molecular weight is 117 g/mol. The lowest BCUT2D eigenvalue weighted by Crippen LogP contribution is -3.07. The molecule has 0 aliphatic rings. The van der Waals surface area contributed by atoms with Crippen molar-refractivity contribution in [1.29, 1.82) is 0 Å². The fraction of sp³-hybridized carbons (Fsp3) is 1.00. The third-order valence-electron chi connectivity index (χ3n) is 1.42. The molecule has 0 bridgehead atoms. The van der Waals surface area contributed by atoms with Gasteiger partial charge in [0.2, 0.25) is 0 Å². The summed E-state index contributed by atoms with van der Waals surface area (Å²) < 4.78 is 0. The molecule has 2 heteroatoms. The highest BCUT2D eigenvalue weighted by molar-refractivity contribution is 4.43. The molecule has 0 amide bonds. The first kappa shape index (κ1) is 7.92. The fourth-order valence-electron chi connectivity index (χ4n) is 0.636. The highest BCUT2D eigenvalue weighted by Gasteiger charge is 2.00. The Bertz CT molecular complexity index is 54.5. The van der Waals surface area contributed by atoms with Gasteiger partial charge in [0.05, 0.1) is 13.1 Å². The standard InChI is InChI=1S/C6H15NO/c1-4-5-6(2)7(3)8/h6-7H,4-5H2,1-3H3. The summed E-state index contributed by atoms with van der Waals surface area (Å²) in [5.74, 6) is 0. The van der Waals surface area contributed by atoms with Crippen molar-refractivity contribution in [1.82, 2.24) is 0 Å². The molecule has 2 atom stereocenters. The molecule has 0 saturated heterocycles. The Hall–Kier alpha value is -0.0800. The normalized spacial score (nSPS) is 18.0. The smallest absolute Gasteiger partial charge is 0.0841 e. The van der Waals surface area contributed by atoms with Gasteiger partial charge in [-0.05, 0) is 13.3 Å². The lowest BCUT2D eigenvalue weighted by atomic mass is 10.2. The van der Waals surface area contributed by atoms with Crippen molar-refractivity contribution < 1.29 is 5.06 Å². The number of hydroxylamine groups is 2. The summed E-state index contributed by atoms with van der Waals surface area (Å²) in [6.07, 6.45) is 2.15. The minimum atomic E-state index is 0.278. The Labute approximate surface area is 51.1 Å². The van der Waals surface area contributed by atoms with E-state index in [4.69, 9.17) is 0 Å². The van der Waals surface area contributed by atoms with Crippen molar-refractivity contribution in [2.24, 2.45) is 0 Å². The highest BCUT2D eigenvalue weighted by atomic mass is 16.5. The Balaban J connectivity index is 3.17. The predicted octanol–water partition coefficient (Wildman–Crippen LogP) is 0.188. The molecule has 8 heavy (non-hydrogen) atoms. The molecule has 0 spiro atoms. The van der Waals surface area contributed by atoms with E-state index in [9.17, 15) is 5.21 Å². The lowest BCUT2D eigenvalue weighted by Gasteiger charge is -2.23. The monoisotopic (exact) mass is 117 g/mol. The van der Waals surface area contributed by atoms with E-state index in [1.54, 1.807) is 7.05 Å². The van der Waals surface area contributed by atoms with Gasteiger partial charge in [0.15, 0.2) is 0 Å². The maximum atomic E-state index is 10.5. The molecule has 0 aliphatic carbocycles. The van der Waals surface area contributed by atoms with Crippen LogP contribution in [0, 0.1) is 5.21 Å².